The molecule has 0 aliphatic heterocycles. The monoisotopic (exact) mass is 308 g/mol. The Labute approximate surface area is 134 Å². The van der Waals surface area contributed by atoms with Gasteiger partial charge in [-0.05, 0) is 37.2 Å². The smallest absolute Gasteiger partial charge is 0.139 e. The van der Waals surface area contributed by atoms with Gasteiger partial charge >= 0.3 is 0 Å². The summed E-state index contributed by atoms with van der Waals surface area (Å²) in [7, 11) is 0. The van der Waals surface area contributed by atoms with Crippen LogP contribution in [0.25, 0.3) is 22.1 Å². The van der Waals surface area contributed by atoms with E-state index in [1.54, 1.807) is 0 Å². The van der Waals surface area contributed by atoms with Crippen LogP contribution in [-0.4, -0.2) is 25.3 Å². The van der Waals surface area contributed by atoms with E-state index in [1.807, 2.05) is 18.7 Å². The summed E-state index contributed by atoms with van der Waals surface area (Å²) in [6.45, 7) is 2.08. The summed E-state index contributed by atoms with van der Waals surface area (Å²) in [4.78, 5) is 24.1. The molecule has 3 aliphatic rings. The van der Waals surface area contributed by atoms with Crippen molar-refractivity contribution in [3.05, 3.63) is 24.8 Å². The molecule has 3 aromatic rings. The van der Waals surface area contributed by atoms with Crippen molar-refractivity contribution in [2.45, 2.75) is 51.0 Å². The molecule has 0 atom stereocenters. The van der Waals surface area contributed by atoms with Gasteiger partial charge in [-0.25, -0.2) is 9.97 Å². The average molecular weight is 308 g/mol. The number of aromatic nitrogens is 4. The van der Waals surface area contributed by atoms with Crippen LogP contribution in [-0.2, 0) is 10.3 Å². The Morgan fingerprint density at radius 2 is 2.17 bits per heavy atom. The molecule has 3 aliphatic carbocycles. The number of fused-ring (bicyclic) bond motifs is 3. The largest absolute Gasteiger partial charge is 0.346 e. The van der Waals surface area contributed by atoms with Crippen molar-refractivity contribution >= 4 is 27.9 Å². The predicted octanol–water partition coefficient (Wildman–Crippen LogP) is 3.55. The third-order valence-corrected chi connectivity index (χ3v) is 5.82. The maximum Gasteiger partial charge on any atom is 0.139 e. The number of carbonyl (C=O) groups is 1. The molecule has 3 saturated carbocycles. The molecule has 118 valence electrons. The molecule has 6 rings (SSSR count). The van der Waals surface area contributed by atoms with Crippen LogP contribution >= 0.6 is 0 Å². The number of imidazole rings is 1. The van der Waals surface area contributed by atoms with E-state index in [4.69, 9.17) is 0 Å². The molecule has 0 spiro atoms. The van der Waals surface area contributed by atoms with Gasteiger partial charge in [-0.1, -0.05) is 6.92 Å². The van der Waals surface area contributed by atoms with Gasteiger partial charge in [0.2, 0.25) is 0 Å². The summed E-state index contributed by atoms with van der Waals surface area (Å²) >= 11 is 0. The third kappa shape index (κ3) is 1.65. The van der Waals surface area contributed by atoms with Gasteiger partial charge in [0.25, 0.3) is 0 Å². The first-order valence-electron chi connectivity index (χ1n) is 8.46. The molecule has 3 aromatic heterocycles. The number of Topliss-reactive ketones (excluding diaryl/α,β-unsaturated/α-hetero) is 1. The van der Waals surface area contributed by atoms with Crippen LogP contribution < -0.4 is 0 Å². The summed E-state index contributed by atoms with van der Waals surface area (Å²) in [6, 6.07) is 2.08. The van der Waals surface area contributed by atoms with Crippen LogP contribution in [0.15, 0.2) is 24.8 Å². The molecule has 0 aromatic carbocycles. The van der Waals surface area contributed by atoms with Crippen molar-refractivity contribution in [3.63, 3.8) is 0 Å². The van der Waals surface area contributed by atoms with Crippen LogP contribution in [0, 0.1) is 5.41 Å². The van der Waals surface area contributed by atoms with Gasteiger partial charge in [0.15, 0.2) is 0 Å². The average Bonchev–Trinajstić information content (AvgIpc) is 3.07. The number of rotatable bonds is 5. The Balaban J connectivity index is 1.48. The lowest BCUT2D eigenvalue weighted by molar-refractivity contribution is -0.190. The number of pyridine rings is 1. The fourth-order valence-corrected chi connectivity index (χ4v) is 5.04. The molecule has 2 bridgehead atoms. The SMILES string of the molecule is CCCC(=O)CC12CC(n3cnc4cnc5[nH]ccc5c43)(C1)C2. The predicted molar refractivity (Wildman–Crippen MR) is 88.2 cm³/mol. The Morgan fingerprint density at radius 1 is 1.35 bits per heavy atom. The Kier molecular flexibility index (Phi) is 2.44. The van der Waals surface area contributed by atoms with Crippen molar-refractivity contribution < 1.29 is 4.79 Å². The van der Waals surface area contributed by atoms with Gasteiger partial charge in [-0.15, -0.1) is 0 Å². The van der Waals surface area contributed by atoms with E-state index >= 15 is 0 Å². The minimum atomic E-state index is 0.187. The molecule has 5 heteroatoms. The molecule has 3 fully saturated rings. The number of hydrogen-bond acceptors (Lipinski definition) is 3. The van der Waals surface area contributed by atoms with E-state index in [0.717, 1.165) is 55.1 Å². The van der Waals surface area contributed by atoms with Crippen LogP contribution in [0.4, 0.5) is 0 Å². The first-order chi connectivity index (χ1) is 11.1. The molecule has 0 amide bonds. The Bertz CT molecular complexity index is 915. The summed E-state index contributed by atoms with van der Waals surface area (Å²) in [5.41, 5.74) is 3.53. The maximum absolute atomic E-state index is 12.0. The maximum atomic E-state index is 12.0. The van der Waals surface area contributed by atoms with Crippen LogP contribution in [0.3, 0.4) is 0 Å². The number of ketones is 1. The standard InChI is InChI=1S/C18H20N4O/c1-2-3-12(23)6-17-8-18(9-17,10-17)22-11-21-14-7-20-16-13(15(14)22)4-5-19-16/h4-5,7,11H,2-3,6,8-10H2,1H3,(H,19,20). The van der Waals surface area contributed by atoms with E-state index in [0.29, 0.717) is 5.78 Å². The van der Waals surface area contributed by atoms with E-state index in [2.05, 4.69) is 32.5 Å². The van der Waals surface area contributed by atoms with E-state index in [9.17, 15) is 4.79 Å². The summed E-state index contributed by atoms with van der Waals surface area (Å²) < 4.78 is 2.35. The lowest BCUT2D eigenvalue weighted by Crippen LogP contribution is -2.67. The first-order valence-corrected chi connectivity index (χ1v) is 8.46. The molecule has 0 unspecified atom stereocenters. The summed E-state index contributed by atoms with van der Waals surface area (Å²) in [6.07, 6.45) is 11.6. The summed E-state index contributed by atoms with van der Waals surface area (Å²) in [5.74, 6) is 0.438. The Hall–Kier alpha value is -2.17. The van der Waals surface area contributed by atoms with Crippen molar-refractivity contribution in [2.75, 3.05) is 0 Å². The van der Waals surface area contributed by atoms with Gasteiger partial charge in [0.05, 0.1) is 18.0 Å². The zero-order valence-corrected chi connectivity index (χ0v) is 13.3. The summed E-state index contributed by atoms with van der Waals surface area (Å²) in [5, 5.41) is 1.14. The topological polar surface area (TPSA) is 63.6 Å². The molecule has 0 saturated heterocycles. The highest BCUT2D eigenvalue weighted by molar-refractivity contribution is 6.01. The van der Waals surface area contributed by atoms with Gasteiger partial charge < -0.3 is 9.55 Å². The van der Waals surface area contributed by atoms with Crippen molar-refractivity contribution in [1.82, 2.24) is 19.5 Å². The Morgan fingerprint density at radius 3 is 2.96 bits per heavy atom. The molecule has 3 heterocycles. The molecular formula is C18H20N4O. The normalized spacial score (nSPS) is 28.7. The van der Waals surface area contributed by atoms with Crippen molar-refractivity contribution in [3.8, 4) is 0 Å². The van der Waals surface area contributed by atoms with Gasteiger partial charge in [0.1, 0.15) is 16.9 Å². The molecule has 0 radical (unpaired) electrons. The number of nitrogens with zero attached hydrogens (tertiary/aromatic N) is 3. The van der Waals surface area contributed by atoms with Gasteiger partial charge in [-0.2, -0.15) is 0 Å². The zero-order valence-electron chi connectivity index (χ0n) is 13.3. The lowest BCUT2D eigenvalue weighted by atomic mass is 9.38. The third-order valence-electron chi connectivity index (χ3n) is 5.82. The number of hydrogen-bond donors (Lipinski definition) is 1. The second-order valence-electron chi connectivity index (χ2n) is 7.57. The van der Waals surface area contributed by atoms with Gasteiger partial charge in [-0.3, -0.25) is 4.79 Å². The van der Waals surface area contributed by atoms with Crippen LogP contribution in [0.5, 0.6) is 0 Å². The van der Waals surface area contributed by atoms with E-state index in [-0.39, 0.29) is 11.0 Å². The van der Waals surface area contributed by atoms with Crippen molar-refractivity contribution in [1.29, 1.82) is 0 Å². The number of H-pyrrole nitrogens is 1. The van der Waals surface area contributed by atoms with Crippen LogP contribution in [0.1, 0.15) is 45.4 Å². The second-order valence-corrected chi connectivity index (χ2v) is 7.57. The highest BCUT2D eigenvalue weighted by Crippen LogP contribution is 2.73. The highest BCUT2D eigenvalue weighted by Gasteiger charge is 2.69. The van der Waals surface area contributed by atoms with Crippen molar-refractivity contribution in [2.24, 2.45) is 5.41 Å². The molecular weight excluding hydrogens is 288 g/mol. The fourth-order valence-electron chi connectivity index (χ4n) is 5.04. The van der Waals surface area contributed by atoms with E-state index in [1.165, 1.54) is 5.52 Å². The second kappa shape index (κ2) is 4.22. The molecule has 23 heavy (non-hydrogen) atoms. The number of carbonyl (C=O) groups excluding carboxylic acids is 1. The van der Waals surface area contributed by atoms with E-state index < -0.39 is 0 Å². The molecule has 5 nitrogen and oxygen atoms in total. The zero-order chi connectivity index (χ0) is 15.7. The highest BCUT2D eigenvalue weighted by atomic mass is 16.1. The minimum Gasteiger partial charge on any atom is -0.346 e. The lowest BCUT2D eigenvalue weighted by Gasteiger charge is -2.71. The number of aromatic amines is 1. The minimum absolute atomic E-state index is 0.187. The first kappa shape index (κ1) is 13.3. The number of nitrogens with one attached hydrogen (secondary N) is 1. The van der Waals surface area contributed by atoms with Crippen LogP contribution in [0.2, 0.25) is 0 Å². The fraction of sp³-hybridized carbons (Fsp3) is 0.500. The van der Waals surface area contributed by atoms with Gasteiger partial charge in [0, 0.05) is 30.0 Å². The molecule has 1 N–H and O–H groups in total. The quantitative estimate of drug-likeness (QED) is 0.784.